The molecule has 0 aromatic carbocycles. The topological polar surface area (TPSA) is 78.3 Å². The van der Waals surface area contributed by atoms with E-state index in [1.807, 2.05) is 11.4 Å². The maximum Gasteiger partial charge on any atom is 0.323 e. The number of hydrogen-bond donors (Lipinski definition) is 1. The molecule has 0 aliphatic carbocycles. The van der Waals surface area contributed by atoms with Crippen LogP contribution in [-0.4, -0.2) is 19.6 Å². The van der Waals surface area contributed by atoms with Crippen molar-refractivity contribution in [2.24, 2.45) is 0 Å². The number of hydrogen-bond acceptors (Lipinski definition) is 6. The van der Waals surface area contributed by atoms with Gasteiger partial charge in [-0.3, -0.25) is 0 Å². The summed E-state index contributed by atoms with van der Waals surface area (Å²) >= 11 is 5.00. The zero-order valence-corrected chi connectivity index (χ0v) is 11.5. The normalized spacial score (nSPS) is 10.9. The first-order chi connectivity index (χ1) is 8.72. The Hall–Kier alpha value is -1.67. The van der Waals surface area contributed by atoms with E-state index in [-0.39, 0.29) is 5.95 Å². The Morgan fingerprint density at radius 1 is 1.44 bits per heavy atom. The molecule has 3 heterocycles. The Morgan fingerprint density at radius 2 is 2.33 bits per heavy atom. The highest BCUT2D eigenvalue weighted by Gasteiger charge is 2.08. The summed E-state index contributed by atoms with van der Waals surface area (Å²) in [7, 11) is 0. The van der Waals surface area contributed by atoms with Gasteiger partial charge in [-0.1, -0.05) is 0 Å². The average molecular weight is 326 g/mol. The Morgan fingerprint density at radius 3 is 3.11 bits per heavy atom. The molecule has 0 amide bonds. The van der Waals surface area contributed by atoms with Crippen LogP contribution in [0.3, 0.4) is 0 Å². The van der Waals surface area contributed by atoms with Crippen molar-refractivity contribution < 1.29 is 4.74 Å². The molecule has 0 atom stereocenters. The SMILES string of the molecule is Nc1nc(OCc2cc(Br)cs2)n2nccc2n1. The van der Waals surface area contributed by atoms with Gasteiger partial charge in [0.25, 0.3) is 0 Å². The van der Waals surface area contributed by atoms with Crippen molar-refractivity contribution in [3.05, 3.63) is 33.1 Å². The van der Waals surface area contributed by atoms with Crippen molar-refractivity contribution in [2.45, 2.75) is 6.61 Å². The first-order valence-corrected chi connectivity index (χ1v) is 6.72. The van der Waals surface area contributed by atoms with E-state index >= 15 is 0 Å². The number of rotatable bonds is 3. The summed E-state index contributed by atoms with van der Waals surface area (Å²) in [5.74, 6) is 0.172. The highest BCUT2D eigenvalue weighted by Crippen LogP contribution is 2.21. The number of nitrogens with zero attached hydrogens (tertiary/aromatic N) is 4. The van der Waals surface area contributed by atoms with Crippen LogP contribution in [0.4, 0.5) is 5.95 Å². The van der Waals surface area contributed by atoms with Crippen molar-refractivity contribution in [1.29, 1.82) is 0 Å². The molecule has 2 N–H and O–H groups in total. The van der Waals surface area contributed by atoms with E-state index < -0.39 is 0 Å². The molecule has 0 aliphatic rings. The summed E-state index contributed by atoms with van der Waals surface area (Å²) in [6, 6.07) is 4.08. The van der Waals surface area contributed by atoms with Gasteiger partial charge in [-0.25, -0.2) is 0 Å². The van der Waals surface area contributed by atoms with Gasteiger partial charge in [-0.15, -0.1) is 11.3 Å². The van der Waals surface area contributed by atoms with Gasteiger partial charge in [0, 0.05) is 20.8 Å². The molecule has 0 spiro atoms. The lowest BCUT2D eigenvalue weighted by Gasteiger charge is -2.05. The Balaban J connectivity index is 1.87. The number of anilines is 1. The van der Waals surface area contributed by atoms with Gasteiger partial charge in [0.2, 0.25) is 5.95 Å². The van der Waals surface area contributed by atoms with Crippen LogP contribution in [-0.2, 0) is 6.61 Å². The molecule has 92 valence electrons. The summed E-state index contributed by atoms with van der Waals surface area (Å²) in [6.45, 7) is 0.418. The summed E-state index contributed by atoms with van der Waals surface area (Å²) in [5, 5.41) is 6.08. The predicted octanol–water partition coefficient (Wildman–Crippen LogP) is 2.11. The lowest BCUT2D eigenvalue weighted by atomic mass is 10.5. The van der Waals surface area contributed by atoms with Crippen LogP contribution >= 0.6 is 27.3 Å². The molecule has 0 saturated heterocycles. The van der Waals surface area contributed by atoms with Crippen molar-refractivity contribution in [1.82, 2.24) is 19.6 Å². The van der Waals surface area contributed by atoms with Gasteiger partial charge in [0.1, 0.15) is 6.61 Å². The number of thiophene rings is 1. The van der Waals surface area contributed by atoms with Crippen LogP contribution in [0.25, 0.3) is 5.65 Å². The monoisotopic (exact) mass is 325 g/mol. The third kappa shape index (κ3) is 2.16. The molecule has 18 heavy (non-hydrogen) atoms. The quantitative estimate of drug-likeness (QED) is 0.797. The second-order valence-electron chi connectivity index (χ2n) is 3.49. The van der Waals surface area contributed by atoms with Gasteiger partial charge in [0.05, 0.1) is 6.20 Å². The van der Waals surface area contributed by atoms with Crippen LogP contribution in [0.2, 0.25) is 0 Å². The molecule has 3 aromatic heterocycles. The number of halogens is 1. The number of ether oxygens (including phenoxy) is 1. The third-order valence-electron chi connectivity index (χ3n) is 2.21. The van der Waals surface area contributed by atoms with Gasteiger partial charge in [-0.05, 0) is 22.0 Å². The molecule has 0 fully saturated rings. The predicted molar refractivity (Wildman–Crippen MR) is 71.5 cm³/mol. The van der Waals surface area contributed by atoms with Crippen LogP contribution in [0.5, 0.6) is 6.01 Å². The van der Waals surface area contributed by atoms with Crippen molar-refractivity contribution in [3.63, 3.8) is 0 Å². The number of fused-ring (bicyclic) bond motifs is 1. The smallest absolute Gasteiger partial charge is 0.323 e. The zero-order chi connectivity index (χ0) is 12.5. The van der Waals surface area contributed by atoms with E-state index in [0.29, 0.717) is 18.3 Å². The Labute approximate surface area is 115 Å². The molecule has 0 saturated carbocycles. The Kier molecular flexibility index (Phi) is 2.88. The molecule has 8 heteroatoms. The number of aromatic nitrogens is 4. The van der Waals surface area contributed by atoms with E-state index in [0.717, 1.165) is 9.35 Å². The Bertz CT molecular complexity index is 694. The summed E-state index contributed by atoms with van der Waals surface area (Å²) in [6.07, 6.45) is 1.62. The summed E-state index contributed by atoms with van der Waals surface area (Å²) in [4.78, 5) is 9.15. The van der Waals surface area contributed by atoms with Crippen LogP contribution < -0.4 is 10.5 Å². The van der Waals surface area contributed by atoms with Crippen molar-refractivity contribution in [2.75, 3.05) is 5.73 Å². The van der Waals surface area contributed by atoms with Crippen LogP contribution in [0.1, 0.15) is 4.88 Å². The van der Waals surface area contributed by atoms with E-state index in [1.54, 1.807) is 23.6 Å². The minimum absolute atomic E-state index is 0.172. The van der Waals surface area contributed by atoms with Crippen molar-refractivity contribution in [3.8, 4) is 6.01 Å². The van der Waals surface area contributed by atoms with E-state index in [9.17, 15) is 0 Å². The maximum atomic E-state index is 5.62. The number of nitrogens with two attached hydrogens (primary N) is 1. The van der Waals surface area contributed by atoms with Gasteiger partial charge < -0.3 is 10.5 Å². The average Bonchev–Trinajstić information content (AvgIpc) is 2.94. The van der Waals surface area contributed by atoms with Gasteiger partial charge in [-0.2, -0.15) is 19.6 Å². The summed E-state index contributed by atoms with van der Waals surface area (Å²) in [5.41, 5.74) is 6.22. The van der Waals surface area contributed by atoms with Gasteiger partial charge >= 0.3 is 6.01 Å². The van der Waals surface area contributed by atoms with E-state index in [2.05, 4.69) is 31.0 Å². The number of nitrogen functional groups attached to an aromatic ring is 1. The molecule has 3 rings (SSSR count). The molecule has 3 aromatic rings. The molecule has 0 bridgehead atoms. The fourth-order valence-electron chi connectivity index (χ4n) is 1.47. The third-order valence-corrected chi connectivity index (χ3v) is 3.88. The molecule has 0 unspecified atom stereocenters. The fraction of sp³-hybridized carbons (Fsp3) is 0.100. The lowest BCUT2D eigenvalue weighted by Crippen LogP contribution is -2.06. The van der Waals surface area contributed by atoms with Crippen LogP contribution in [0, 0.1) is 0 Å². The molecular weight excluding hydrogens is 318 g/mol. The van der Waals surface area contributed by atoms with E-state index in [1.165, 1.54) is 4.52 Å². The first-order valence-electron chi connectivity index (χ1n) is 5.05. The second kappa shape index (κ2) is 4.54. The highest BCUT2D eigenvalue weighted by molar-refractivity contribution is 9.10. The molecule has 0 radical (unpaired) electrons. The molecule has 0 aliphatic heterocycles. The molecule has 6 nitrogen and oxygen atoms in total. The second-order valence-corrected chi connectivity index (χ2v) is 5.40. The highest BCUT2D eigenvalue weighted by atomic mass is 79.9. The van der Waals surface area contributed by atoms with Crippen molar-refractivity contribution >= 4 is 38.9 Å². The van der Waals surface area contributed by atoms with Crippen LogP contribution in [0.15, 0.2) is 28.2 Å². The largest absolute Gasteiger partial charge is 0.458 e. The minimum Gasteiger partial charge on any atom is -0.458 e. The molecular formula is C10H8BrN5OS. The first kappa shape index (κ1) is 11.4. The maximum absolute atomic E-state index is 5.62. The fourth-order valence-corrected chi connectivity index (χ4v) is 2.84. The van der Waals surface area contributed by atoms with Gasteiger partial charge in [0.15, 0.2) is 5.65 Å². The zero-order valence-electron chi connectivity index (χ0n) is 9.08. The lowest BCUT2D eigenvalue weighted by molar-refractivity contribution is 0.275. The standard InChI is InChI=1S/C10H8BrN5OS/c11-6-3-7(18-5-6)4-17-10-15-9(12)14-8-1-2-13-16(8)10/h1-3,5H,4H2,(H2,12,14). The summed E-state index contributed by atoms with van der Waals surface area (Å²) < 4.78 is 8.17. The minimum atomic E-state index is 0.172. The van der Waals surface area contributed by atoms with E-state index in [4.69, 9.17) is 10.5 Å².